The van der Waals surface area contributed by atoms with E-state index < -0.39 is 17.8 Å². The molecule has 0 spiro atoms. The summed E-state index contributed by atoms with van der Waals surface area (Å²) < 4.78 is 0. The fourth-order valence-corrected chi connectivity index (χ4v) is 2.92. The number of aryl methyl sites for hydroxylation is 2. The molecule has 1 aliphatic rings. The van der Waals surface area contributed by atoms with Crippen molar-refractivity contribution < 1.29 is 14.7 Å². The molecular formula is C16H21NO3. The molecule has 2 N–H and O–H groups in total. The van der Waals surface area contributed by atoms with Crippen LogP contribution in [0.4, 0.5) is 5.69 Å². The number of rotatable bonds is 3. The third kappa shape index (κ3) is 3.18. The van der Waals surface area contributed by atoms with Gasteiger partial charge >= 0.3 is 5.97 Å². The molecule has 1 aliphatic carbocycles. The normalized spacial score (nSPS) is 22.3. The van der Waals surface area contributed by atoms with E-state index in [9.17, 15) is 14.7 Å². The van der Waals surface area contributed by atoms with Crippen LogP contribution in [0.5, 0.6) is 0 Å². The predicted molar refractivity (Wildman–Crippen MR) is 77.6 cm³/mol. The number of hydrogen-bond donors (Lipinski definition) is 2. The van der Waals surface area contributed by atoms with Crippen molar-refractivity contribution in [1.29, 1.82) is 0 Å². The summed E-state index contributed by atoms with van der Waals surface area (Å²) in [4.78, 5) is 23.6. The zero-order valence-electron chi connectivity index (χ0n) is 12.0. The van der Waals surface area contributed by atoms with Crippen LogP contribution < -0.4 is 5.32 Å². The first kappa shape index (κ1) is 14.6. The maximum atomic E-state index is 12.3. The first-order chi connectivity index (χ1) is 9.49. The number of benzene rings is 1. The number of aliphatic carboxylic acids is 1. The van der Waals surface area contributed by atoms with E-state index >= 15 is 0 Å². The average molecular weight is 275 g/mol. The van der Waals surface area contributed by atoms with Crippen LogP contribution in [0, 0.1) is 25.7 Å². The third-order valence-corrected chi connectivity index (χ3v) is 4.06. The first-order valence-electron chi connectivity index (χ1n) is 7.10. The van der Waals surface area contributed by atoms with Crippen molar-refractivity contribution >= 4 is 17.6 Å². The van der Waals surface area contributed by atoms with E-state index in [1.807, 2.05) is 32.0 Å². The van der Waals surface area contributed by atoms with Crippen LogP contribution in [0.25, 0.3) is 0 Å². The zero-order chi connectivity index (χ0) is 14.7. The van der Waals surface area contributed by atoms with Gasteiger partial charge in [0.05, 0.1) is 11.8 Å². The summed E-state index contributed by atoms with van der Waals surface area (Å²) in [6, 6.07) is 5.82. The van der Waals surface area contributed by atoms with Crippen molar-refractivity contribution in [2.45, 2.75) is 39.5 Å². The van der Waals surface area contributed by atoms with Gasteiger partial charge in [0.25, 0.3) is 0 Å². The van der Waals surface area contributed by atoms with Crippen LogP contribution >= 0.6 is 0 Å². The van der Waals surface area contributed by atoms with Crippen LogP contribution in [0.1, 0.15) is 36.8 Å². The van der Waals surface area contributed by atoms with Crippen molar-refractivity contribution in [2.75, 3.05) is 5.32 Å². The molecule has 1 fully saturated rings. The Morgan fingerprint density at radius 2 is 1.80 bits per heavy atom. The van der Waals surface area contributed by atoms with E-state index in [2.05, 4.69) is 5.32 Å². The fraction of sp³-hybridized carbons (Fsp3) is 0.500. The lowest BCUT2D eigenvalue weighted by Crippen LogP contribution is -2.36. The summed E-state index contributed by atoms with van der Waals surface area (Å²) >= 11 is 0. The fourth-order valence-electron chi connectivity index (χ4n) is 2.92. The Morgan fingerprint density at radius 3 is 2.40 bits per heavy atom. The molecule has 1 saturated carbocycles. The lowest BCUT2D eigenvalue weighted by atomic mass is 9.78. The standard InChI is InChI=1S/C16H21NO3/c1-10-7-8-14(11(2)9-10)17-15(18)12-5-3-4-6-13(12)16(19)20/h7-9,12-13H,3-6H2,1-2H3,(H,17,18)(H,19,20)/t12-,13+/m1/s1. The molecule has 0 aromatic heterocycles. The summed E-state index contributed by atoms with van der Waals surface area (Å²) in [6.07, 6.45) is 3.08. The Morgan fingerprint density at radius 1 is 1.15 bits per heavy atom. The molecule has 1 aromatic rings. The van der Waals surface area contributed by atoms with Gasteiger partial charge in [0, 0.05) is 5.69 Å². The highest BCUT2D eigenvalue weighted by Crippen LogP contribution is 2.31. The third-order valence-electron chi connectivity index (χ3n) is 4.06. The molecule has 108 valence electrons. The van der Waals surface area contributed by atoms with Crippen LogP contribution in [0.2, 0.25) is 0 Å². The molecule has 0 radical (unpaired) electrons. The second-order valence-corrected chi connectivity index (χ2v) is 5.64. The highest BCUT2D eigenvalue weighted by atomic mass is 16.4. The molecule has 4 nitrogen and oxygen atoms in total. The Labute approximate surface area is 119 Å². The van der Waals surface area contributed by atoms with E-state index in [1.54, 1.807) is 0 Å². The minimum absolute atomic E-state index is 0.163. The average Bonchev–Trinajstić information content (AvgIpc) is 2.41. The lowest BCUT2D eigenvalue weighted by molar-refractivity contribution is -0.147. The van der Waals surface area contributed by atoms with Gasteiger partial charge in [0.15, 0.2) is 0 Å². The maximum absolute atomic E-state index is 12.3. The van der Waals surface area contributed by atoms with Gasteiger partial charge in [-0.25, -0.2) is 0 Å². The number of anilines is 1. The van der Waals surface area contributed by atoms with Gasteiger partial charge in [-0.1, -0.05) is 30.5 Å². The highest BCUT2D eigenvalue weighted by molar-refractivity contribution is 5.95. The zero-order valence-corrected chi connectivity index (χ0v) is 12.0. The molecule has 0 saturated heterocycles. The van der Waals surface area contributed by atoms with E-state index in [-0.39, 0.29) is 5.91 Å². The van der Waals surface area contributed by atoms with E-state index in [0.717, 1.165) is 29.7 Å². The lowest BCUT2D eigenvalue weighted by Gasteiger charge is -2.27. The minimum Gasteiger partial charge on any atom is -0.481 e. The van der Waals surface area contributed by atoms with Crippen molar-refractivity contribution in [1.82, 2.24) is 0 Å². The number of hydrogen-bond acceptors (Lipinski definition) is 2. The van der Waals surface area contributed by atoms with Crippen LogP contribution in [0.3, 0.4) is 0 Å². The molecule has 1 aromatic carbocycles. The molecule has 20 heavy (non-hydrogen) atoms. The van der Waals surface area contributed by atoms with Gasteiger partial charge in [-0.05, 0) is 38.3 Å². The Kier molecular flexibility index (Phi) is 4.42. The molecule has 0 aliphatic heterocycles. The second-order valence-electron chi connectivity index (χ2n) is 5.64. The van der Waals surface area contributed by atoms with Crippen molar-refractivity contribution in [3.05, 3.63) is 29.3 Å². The number of carboxylic acid groups (broad SMARTS) is 1. The van der Waals surface area contributed by atoms with Crippen LogP contribution in [-0.2, 0) is 9.59 Å². The van der Waals surface area contributed by atoms with Crippen LogP contribution in [0.15, 0.2) is 18.2 Å². The van der Waals surface area contributed by atoms with Gasteiger partial charge in [-0.15, -0.1) is 0 Å². The number of carbonyl (C=O) groups is 2. The summed E-state index contributed by atoms with van der Waals surface area (Å²) in [5.74, 6) is -1.98. The van der Waals surface area contributed by atoms with Crippen molar-refractivity contribution in [3.8, 4) is 0 Å². The summed E-state index contributed by atoms with van der Waals surface area (Å²) in [5.41, 5.74) is 2.91. The number of nitrogens with one attached hydrogen (secondary N) is 1. The van der Waals surface area contributed by atoms with Gasteiger partial charge in [0.2, 0.25) is 5.91 Å². The summed E-state index contributed by atoms with van der Waals surface area (Å²) in [6.45, 7) is 3.94. The monoisotopic (exact) mass is 275 g/mol. The highest BCUT2D eigenvalue weighted by Gasteiger charge is 2.35. The van der Waals surface area contributed by atoms with Crippen molar-refractivity contribution in [2.24, 2.45) is 11.8 Å². The van der Waals surface area contributed by atoms with Gasteiger partial charge in [0.1, 0.15) is 0 Å². The predicted octanol–water partition coefficient (Wildman–Crippen LogP) is 3.13. The van der Waals surface area contributed by atoms with Crippen molar-refractivity contribution in [3.63, 3.8) is 0 Å². The summed E-state index contributed by atoms with van der Waals surface area (Å²) in [5, 5.41) is 12.1. The molecule has 2 atom stereocenters. The van der Waals surface area contributed by atoms with Gasteiger partial charge < -0.3 is 10.4 Å². The molecule has 0 unspecified atom stereocenters. The summed E-state index contributed by atoms with van der Waals surface area (Å²) in [7, 11) is 0. The Balaban J connectivity index is 2.12. The number of amides is 1. The van der Waals surface area contributed by atoms with E-state index in [1.165, 1.54) is 0 Å². The minimum atomic E-state index is -0.856. The van der Waals surface area contributed by atoms with Gasteiger partial charge in [-0.2, -0.15) is 0 Å². The molecule has 0 bridgehead atoms. The molecule has 4 heteroatoms. The molecule has 0 heterocycles. The molecule has 2 rings (SSSR count). The Bertz CT molecular complexity index is 524. The van der Waals surface area contributed by atoms with E-state index in [0.29, 0.717) is 12.8 Å². The quantitative estimate of drug-likeness (QED) is 0.890. The molecular weight excluding hydrogens is 254 g/mol. The number of carboxylic acids is 1. The number of carbonyl (C=O) groups excluding carboxylic acids is 1. The Hall–Kier alpha value is -1.84. The molecule has 1 amide bonds. The maximum Gasteiger partial charge on any atom is 0.307 e. The first-order valence-corrected chi connectivity index (χ1v) is 7.10. The van der Waals surface area contributed by atoms with E-state index in [4.69, 9.17) is 0 Å². The SMILES string of the molecule is Cc1ccc(NC(=O)[C@@H]2CCCC[C@@H]2C(=O)O)c(C)c1. The topological polar surface area (TPSA) is 66.4 Å². The van der Waals surface area contributed by atoms with Crippen LogP contribution in [-0.4, -0.2) is 17.0 Å². The largest absolute Gasteiger partial charge is 0.481 e. The van der Waals surface area contributed by atoms with Gasteiger partial charge in [-0.3, -0.25) is 9.59 Å². The second kappa shape index (κ2) is 6.07. The smallest absolute Gasteiger partial charge is 0.307 e.